The maximum atomic E-state index is 3.30. The molecule has 0 saturated heterocycles. The van der Waals surface area contributed by atoms with Crippen LogP contribution in [0.1, 0.15) is 0 Å². The van der Waals surface area contributed by atoms with Crippen molar-refractivity contribution in [3.8, 4) is 0 Å². The van der Waals surface area contributed by atoms with Crippen LogP contribution in [0.5, 0.6) is 0 Å². The SMILES string of the molecule is [Br][Sn]([Br])[Br]. The first kappa shape index (κ1) is 6.24. The third-order valence-electron chi connectivity index (χ3n) is 0. The molecular formula is Br3Sn. The Kier molecular flexibility index (Phi) is 5.35. The molecule has 0 rings (SSSR count). The van der Waals surface area contributed by atoms with Crippen LogP contribution in [0.2, 0.25) is 0 Å². The van der Waals surface area contributed by atoms with Crippen molar-refractivity contribution in [2.24, 2.45) is 0 Å². The molecule has 0 atom stereocenters. The quantitative estimate of drug-likeness (QED) is 0.582. The first-order chi connectivity index (χ1) is 1.73. The molecule has 25 valence electrons. The van der Waals surface area contributed by atoms with Crippen molar-refractivity contribution in [2.75, 3.05) is 0 Å². The van der Waals surface area contributed by atoms with Gasteiger partial charge in [-0.2, -0.15) is 0 Å². The standard InChI is InChI=1S/3BrH.Sn/h3*1H;/q;;;+3/p-3. The van der Waals surface area contributed by atoms with E-state index in [0.717, 1.165) is 0 Å². The summed E-state index contributed by atoms with van der Waals surface area (Å²) in [6, 6.07) is 0. The van der Waals surface area contributed by atoms with Crippen LogP contribution in [0, 0.1) is 0 Å². The topological polar surface area (TPSA) is 0 Å². The fourth-order valence-corrected chi connectivity index (χ4v) is 0. The summed E-state index contributed by atoms with van der Waals surface area (Å²) in [7, 11) is 0. The zero-order valence-electron chi connectivity index (χ0n) is 1.63. The van der Waals surface area contributed by atoms with Crippen LogP contribution < -0.4 is 0 Å². The molecule has 0 heterocycles. The van der Waals surface area contributed by atoms with Crippen molar-refractivity contribution in [1.82, 2.24) is 0 Å². The molecule has 0 aromatic carbocycles. The molecule has 0 aliphatic rings. The summed E-state index contributed by atoms with van der Waals surface area (Å²) in [5.74, 6) is 0. The van der Waals surface area contributed by atoms with E-state index >= 15 is 0 Å². The van der Waals surface area contributed by atoms with Crippen LogP contribution >= 0.6 is 38.1 Å². The Bertz CT molecular complexity index is 8.00. The number of halogens is 3. The van der Waals surface area contributed by atoms with Crippen LogP contribution in [0.3, 0.4) is 0 Å². The van der Waals surface area contributed by atoms with Gasteiger partial charge in [0.2, 0.25) is 0 Å². The van der Waals surface area contributed by atoms with E-state index in [9.17, 15) is 0 Å². The van der Waals surface area contributed by atoms with Gasteiger partial charge in [0.25, 0.3) is 0 Å². The van der Waals surface area contributed by atoms with Crippen molar-refractivity contribution in [2.45, 2.75) is 0 Å². The second-order valence-corrected chi connectivity index (χ2v) is 38.8. The van der Waals surface area contributed by atoms with Crippen molar-refractivity contribution >= 4 is 51.2 Å². The monoisotopic (exact) mass is 357 g/mol. The van der Waals surface area contributed by atoms with Gasteiger partial charge in [0, 0.05) is 0 Å². The molecule has 0 unspecified atom stereocenters. The van der Waals surface area contributed by atoms with Gasteiger partial charge in [-0.15, -0.1) is 0 Å². The van der Waals surface area contributed by atoms with Gasteiger partial charge in [-0.1, -0.05) is 0 Å². The molecule has 0 fully saturated rings. The van der Waals surface area contributed by atoms with E-state index in [2.05, 4.69) is 38.1 Å². The van der Waals surface area contributed by atoms with Crippen LogP contribution in [0.25, 0.3) is 0 Å². The van der Waals surface area contributed by atoms with Crippen LogP contribution in [-0.4, -0.2) is 13.1 Å². The Balaban J connectivity index is 2.32. The Hall–Kier alpha value is 2.24. The molecule has 0 aromatic heterocycles. The van der Waals surface area contributed by atoms with E-state index in [1.54, 1.807) is 0 Å². The summed E-state index contributed by atoms with van der Waals surface area (Å²) >= 11 is 8.80. The van der Waals surface area contributed by atoms with Crippen molar-refractivity contribution in [3.05, 3.63) is 0 Å². The molecule has 0 nitrogen and oxygen atoms in total. The van der Waals surface area contributed by atoms with Crippen molar-refractivity contribution in [1.29, 1.82) is 0 Å². The van der Waals surface area contributed by atoms with Gasteiger partial charge < -0.3 is 0 Å². The number of rotatable bonds is 0. The second kappa shape index (κ2) is 3.43. The predicted octanol–water partition coefficient (Wildman–Crippen LogP) is 2.16. The van der Waals surface area contributed by atoms with Gasteiger partial charge in [-0.05, 0) is 0 Å². The summed E-state index contributed by atoms with van der Waals surface area (Å²) < 4.78 is 0. The first-order valence-corrected chi connectivity index (χ1v) is 19.8. The fraction of sp³-hybridized carbons (Fsp3) is 0. The molecule has 0 aliphatic heterocycles. The summed E-state index contributed by atoms with van der Waals surface area (Å²) in [5.41, 5.74) is 0. The predicted molar refractivity (Wildman–Crippen MR) is 32.5 cm³/mol. The second-order valence-electron chi connectivity index (χ2n) is 0.214. The van der Waals surface area contributed by atoms with E-state index in [4.69, 9.17) is 0 Å². The van der Waals surface area contributed by atoms with E-state index in [0.29, 0.717) is 0 Å². The summed E-state index contributed by atoms with van der Waals surface area (Å²) in [6.45, 7) is 0. The molecule has 4 heteroatoms. The van der Waals surface area contributed by atoms with E-state index in [1.165, 1.54) is 0 Å². The van der Waals surface area contributed by atoms with Gasteiger partial charge >= 0.3 is 51.2 Å². The zero-order valence-corrected chi connectivity index (χ0v) is 9.25. The van der Waals surface area contributed by atoms with Gasteiger partial charge in [0.05, 0.1) is 0 Å². The van der Waals surface area contributed by atoms with Crippen molar-refractivity contribution in [3.63, 3.8) is 0 Å². The average Bonchev–Trinajstić information content (AvgIpc) is 0.811. The minimum absolute atomic E-state index is 1.11. The number of hydrogen-bond donors (Lipinski definition) is 0. The third-order valence-corrected chi connectivity index (χ3v) is 0. The summed E-state index contributed by atoms with van der Waals surface area (Å²) in [4.78, 5) is 0. The third kappa shape index (κ3) is 8.87. The average molecular weight is 358 g/mol. The minimum atomic E-state index is -1.11. The van der Waals surface area contributed by atoms with Crippen LogP contribution in [0.15, 0.2) is 0 Å². The van der Waals surface area contributed by atoms with E-state index in [1.807, 2.05) is 0 Å². The molecule has 1 radical (unpaired) electrons. The van der Waals surface area contributed by atoms with Gasteiger partial charge in [0.1, 0.15) is 0 Å². The molecule has 0 spiro atoms. The van der Waals surface area contributed by atoms with Gasteiger partial charge in [-0.25, -0.2) is 0 Å². The molecular weight excluding hydrogens is 358 g/mol. The molecule has 0 N–H and O–H groups in total. The normalized spacial score (nSPS) is 9.00. The van der Waals surface area contributed by atoms with Crippen molar-refractivity contribution < 1.29 is 0 Å². The summed E-state index contributed by atoms with van der Waals surface area (Å²) in [5, 5.41) is 0. The molecule has 0 amide bonds. The Morgan fingerprint density at radius 3 is 1.00 bits per heavy atom. The molecule has 0 aromatic rings. The molecule has 0 aliphatic carbocycles. The molecule has 0 saturated carbocycles. The zero-order chi connectivity index (χ0) is 3.58. The van der Waals surface area contributed by atoms with E-state index in [-0.39, 0.29) is 0 Å². The van der Waals surface area contributed by atoms with Gasteiger partial charge in [-0.3, -0.25) is 0 Å². The fourth-order valence-electron chi connectivity index (χ4n) is 0. The van der Waals surface area contributed by atoms with Crippen LogP contribution in [-0.2, 0) is 0 Å². The maximum absolute atomic E-state index is 3.30. The van der Waals surface area contributed by atoms with Gasteiger partial charge in [0.15, 0.2) is 0 Å². The van der Waals surface area contributed by atoms with Crippen LogP contribution in [0.4, 0.5) is 0 Å². The Morgan fingerprint density at radius 2 is 1.00 bits per heavy atom. The molecule has 4 heavy (non-hydrogen) atoms. The van der Waals surface area contributed by atoms with E-state index < -0.39 is 13.1 Å². The summed E-state index contributed by atoms with van der Waals surface area (Å²) in [6.07, 6.45) is 0. The Labute approximate surface area is 50.3 Å². The first-order valence-electron chi connectivity index (χ1n) is 0.567. The number of hydrogen-bond acceptors (Lipinski definition) is 0. The molecule has 0 bridgehead atoms. The Morgan fingerprint density at radius 1 is 1.00 bits per heavy atom.